The molecule has 0 aromatic heterocycles. The van der Waals surface area contributed by atoms with Crippen molar-refractivity contribution in [2.24, 2.45) is 0 Å². The quantitative estimate of drug-likeness (QED) is 0.695. The van der Waals surface area contributed by atoms with E-state index in [0.717, 1.165) is 14.7 Å². The molecular formula is C12H8Br2O. The second-order valence-corrected chi connectivity index (χ2v) is 5.53. The molecule has 15 heavy (non-hydrogen) atoms. The maximum Gasteiger partial charge on any atom is 0.129 e. The minimum atomic E-state index is 0.147. The van der Waals surface area contributed by atoms with Gasteiger partial charge in [0.1, 0.15) is 11.9 Å². The third-order valence-electron chi connectivity index (χ3n) is 2.74. The maximum atomic E-state index is 5.87. The van der Waals surface area contributed by atoms with E-state index in [2.05, 4.69) is 62.2 Å². The summed E-state index contributed by atoms with van der Waals surface area (Å²) in [7, 11) is 0. The van der Waals surface area contributed by atoms with Crippen molar-refractivity contribution in [3.05, 3.63) is 50.9 Å². The summed E-state index contributed by atoms with van der Waals surface area (Å²) < 4.78 is 8.03. The van der Waals surface area contributed by atoms with Gasteiger partial charge in [0.25, 0.3) is 0 Å². The van der Waals surface area contributed by atoms with Gasteiger partial charge in [-0.25, -0.2) is 0 Å². The van der Waals surface area contributed by atoms with Gasteiger partial charge in [-0.3, -0.25) is 0 Å². The van der Waals surface area contributed by atoms with Crippen LogP contribution in [0.1, 0.15) is 11.5 Å². The molecule has 1 aromatic carbocycles. The molecule has 1 heterocycles. The second-order valence-electron chi connectivity index (χ2n) is 3.70. The van der Waals surface area contributed by atoms with Crippen molar-refractivity contribution < 1.29 is 4.74 Å². The summed E-state index contributed by atoms with van der Waals surface area (Å²) >= 11 is 6.92. The monoisotopic (exact) mass is 326 g/mol. The summed E-state index contributed by atoms with van der Waals surface area (Å²) in [4.78, 5) is 0. The van der Waals surface area contributed by atoms with E-state index in [1.54, 1.807) is 0 Å². The molecule has 0 spiro atoms. The topological polar surface area (TPSA) is 9.23 Å². The van der Waals surface area contributed by atoms with Gasteiger partial charge in [-0.15, -0.1) is 0 Å². The molecule has 2 atom stereocenters. The van der Waals surface area contributed by atoms with E-state index >= 15 is 0 Å². The molecule has 0 saturated heterocycles. The summed E-state index contributed by atoms with van der Waals surface area (Å²) in [5.74, 6) is 1.36. The van der Waals surface area contributed by atoms with Crippen LogP contribution in [-0.2, 0) is 0 Å². The lowest BCUT2D eigenvalue weighted by molar-refractivity contribution is 0.268. The largest absolute Gasteiger partial charge is 0.485 e. The fraction of sp³-hybridized carbons (Fsp3) is 0.167. The standard InChI is InChI=1S/C12H8Br2O/c13-7-1-3-9-10-4-2-8(14)6-12(10)15-11(9)5-7/h1-6,9,11H. The van der Waals surface area contributed by atoms with Crippen molar-refractivity contribution in [2.45, 2.75) is 12.0 Å². The normalized spacial score (nSPS) is 26.7. The van der Waals surface area contributed by atoms with Crippen LogP contribution < -0.4 is 4.74 Å². The van der Waals surface area contributed by atoms with Gasteiger partial charge in [0, 0.05) is 20.4 Å². The van der Waals surface area contributed by atoms with Crippen LogP contribution in [0, 0.1) is 0 Å². The first-order valence-corrected chi connectivity index (χ1v) is 6.34. The Kier molecular flexibility index (Phi) is 2.25. The van der Waals surface area contributed by atoms with Gasteiger partial charge in [0.15, 0.2) is 0 Å². The van der Waals surface area contributed by atoms with Crippen LogP contribution >= 0.6 is 31.9 Å². The average Bonchev–Trinajstić information content (AvgIpc) is 2.53. The Morgan fingerprint density at radius 1 is 1.20 bits per heavy atom. The molecule has 0 N–H and O–H groups in total. The van der Waals surface area contributed by atoms with Crippen molar-refractivity contribution in [1.29, 1.82) is 0 Å². The Morgan fingerprint density at radius 3 is 2.93 bits per heavy atom. The van der Waals surface area contributed by atoms with Crippen molar-refractivity contribution in [1.82, 2.24) is 0 Å². The fourth-order valence-electron chi connectivity index (χ4n) is 2.04. The summed E-state index contributed by atoms with van der Waals surface area (Å²) in [5.41, 5.74) is 1.27. The highest BCUT2D eigenvalue weighted by atomic mass is 79.9. The molecule has 1 aliphatic carbocycles. The smallest absolute Gasteiger partial charge is 0.129 e. The van der Waals surface area contributed by atoms with E-state index < -0.39 is 0 Å². The zero-order valence-corrected chi connectivity index (χ0v) is 11.0. The Labute approximate surface area is 105 Å². The predicted octanol–water partition coefficient (Wildman–Crippen LogP) is 4.14. The first-order valence-electron chi connectivity index (χ1n) is 4.76. The molecule has 1 aliphatic heterocycles. The van der Waals surface area contributed by atoms with Crippen LogP contribution in [0.2, 0.25) is 0 Å². The maximum absolute atomic E-state index is 5.87. The molecule has 76 valence electrons. The molecule has 1 nitrogen and oxygen atoms in total. The zero-order valence-electron chi connectivity index (χ0n) is 7.78. The molecule has 0 bridgehead atoms. The van der Waals surface area contributed by atoms with Crippen LogP contribution in [0.4, 0.5) is 0 Å². The van der Waals surface area contributed by atoms with Crippen molar-refractivity contribution >= 4 is 31.9 Å². The van der Waals surface area contributed by atoms with E-state index in [-0.39, 0.29) is 6.10 Å². The number of allylic oxidation sites excluding steroid dienone is 2. The Hall–Kier alpha value is -0.540. The summed E-state index contributed by atoms with van der Waals surface area (Å²) in [6, 6.07) is 6.22. The number of fused-ring (bicyclic) bond motifs is 3. The van der Waals surface area contributed by atoms with Gasteiger partial charge in [-0.05, 0) is 18.2 Å². The van der Waals surface area contributed by atoms with E-state index in [1.165, 1.54) is 5.56 Å². The third-order valence-corrected chi connectivity index (χ3v) is 3.76. The van der Waals surface area contributed by atoms with E-state index in [4.69, 9.17) is 4.74 Å². The highest BCUT2D eigenvalue weighted by molar-refractivity contribution is 9.12. The highest BCUT2D eigenvalue weighted by Gasteiger charge is 2.32. The van der Waals surface area contributed by atoms with Crippen LogP contribution in [-0.4, -0.2) is 6.10 Å². The summed E-state index contributed by atoms with van der Waals surface area (Å²) in [5, 5.41) is 0. The molecule has 0 fully saturated rings. The molecular weight excluding hydrogens is 320 g/mol. The zero-order chi connectivity index (χ0) is 10.4. The van der Waals surface area contributed by atoms with Crippen LogP contribution in [0.3, 0.4) is 0 Å². The first kappa shape index (κ1) is 9.67. The van der Waals surface area contributed by atoms with Gasteiger partial charge in [-0.2, -0.15) is 0 Å². The molecule has 2 unspecified atom stereocenters. The van der Waals surface area contributed by atoms with Gasteiger partial charge in [0.2, 0.25) is 0 Å². The Bertz CT molecular complexity index is 477. The third kappa shape index (κ3) is 1.58. The minimum Gasteiger partial charge on any atom is -0.485 e. The van der Waals surface area contributed by atoms with Crippen LogP contribution in [0.15, 0.2) is 45.4 Å². The van der Waals surface area contributed by atoms with Crippen molar-refractivity contribution in [3.63, 3.8) is 0 Å². The van der Waals surface area contributed by atoms with Gasteiger partial charge in [0.05, 0.1) is 0 Å². The van der Waals surface area contributed by atoms with Gasteiger partial charge < -0.3 is 4.74 Å². The minimum absolute atomic E-state index is 0.147. The lowest BCUT2D eigenvalue weighted by Crippen LogP contribution is -2.16. The highest BCUT2D eigenvalue weighted by Crippen LogP contribution is 2.43. The molecule has 3 heteroatoms. The first-order chi connectivity index (χ1) is 7.24. The molecule has 0 saturated carbocycles. The van der Waals surface area contributed by atoms with Crippen LogP contribution in [0.25, 0.3) is 0 Å². The van der Waals surface area contributed by atoms with E-state index in [9.17, 15) is 0 Å². The lowest BCUT2D eigenvalue weighted by atomic mass is 9.92. The molecule has 0 amide bonds. The van der Waals surface area contributed by atoms with Crippen molar-refractivity contribution in [2.75, 3.05) is 0 Å². The Morgan fingerprint density at radius 2 is 2.07 bits per heavy atom. The predicted molar refractivity (Wildman–Crippen MR) is 67.4 cm³/mol. The lowest BCUT2D eigenvalue weighted by Gasteiger charge is -2.15. The number of halogens is 2. The van der Waals surface area contributed by atoms with Gasteiger partial charge >= 0.3 is 0 Å². The Balaban J connectivity index is 2.07. The van der Waals surface area contributed by atoms with Gasteiger partial charge in [-0.1, -0.05) is 50.1 Å². The number of hydrogen-bond donors (Lipinski definition) is 0. The SMILES string of the molecule is BrC1=CC2Oc3cc(Br)ccc3C2C=C1. The average molecular weight is 328 g/mol. The van der Waals surface area contributed by atoms with Crippen molar-refractivity contribution in [3.8, 4) is 5.75 Å². The number of ether oxygens (including phenoxy) is 1. The van der Waals surface area contributed by atoms with Crippen LogP contribution in [0.5, 0.6) is 5.75 Å². The fourth-order valence-corrected chi connectivity index (χ4v) is 2.79. The second kappa shape index (κ2) is 3.49. The molecule has 3 rings (SSSR count). The summed E-state index contributed by atoms with van der Waals surface area (Å²) in [6.45, 7) is 0. The number of hydrogen-bond acceptors (Lipinski definition) is 1. The summed E-state index contributed by atoms with van der Waals surface area (Å²) in [6.07, 6.45) is 6.53. The van der Waals surface area contributed by atoms with E-state index in [0.29, 0.717) is 5.92 Å². The molecule has 0 radical (unpaired) electrons. The van der Waals surface area contributed by atoms with E-state index in [1.807, 2.05) is 6.07 Å². The molecule has 2 aliphatic rings. The molecule has 1 aromatic rings. The number of benzene rings is 1. The number of rotatable bonds is 0.